The van der Waals surface area contributed by atoms with Crippen LogP contribution in [0.25, 0.3) is 5.57 Å². The third-order valence-corrected chi connectivity index (χ3v) is 4.26. The van der Waals surface area contributed by atoms with Crippen LogP contribution < -0.4 is 14.8 Å². The Balaban J connectivity index is 2.03. The summed E-state index contributed by atoms with van der Waals surface area (Å²) in [6, 6.07) is 12.4. The van der Waals surface area contributed by atoms with Crippen LogP contribution in [0, 0.1) is 24.7 Å². The molecule has 0 radical (unpaired) electrons. The monoisotopic (exact) mass is 423 g/mol. The first-order valence-corrected chi connectivity index (χ1v) is 9.49. The normalized spacial score (nSPS) is 10.5. The maximum atomic E-state index is 12.7. The number of benzene rings is 2. The van der Waals surface area contributed by atoms with Gasteiger partial charge in [-0.3, -0.25) is 4.79 Å². The molecule has 0 saturated carbocycles. The van der Waals surface area contributed by atoms with E-state index >= 15 is 0 Å². The Bertz CT molecular complexity index is 968. The van der Waals surface area contributed by atoms with Gasteiger partial charge in [-0.05, 0) is 41.8 Å². The van der Waals surface area contributed by atoms with Crippen molar-refractivity contribution in [2.24, 2.45) is 0 Å². The molecular formula is C24H22ClNO4. The molecule has 0 spiro atoms. The molecule has 6 heteroatoms. The van der Waals surface area contributed by atoms with Crippen molar-refractivity contribution < 1.29 is 19.0 Å². The summed E-state index contributed by atoms with van der Waals surface area (Å²) in [7, 11) is 1.56. The summed E-state index contributed by atoms with van der Waals surface area (Å²) in [5.41, 5.74) is 2.00. The quantitative estimate of drug-likeness (QED) is 0.274. The van der Waals surface area contributed by atoms with Gasteiger partial charge in [0, 0.05) is 11.6 Å². The van der Waals surface area contributed by atoms with Gasteiger partial charge >= 0.3 is 0 Å². The molecule has 0 aliphatic carbocycles. The lowest BCUT2D eigenvalue weighted by molar-refractivity contribution is -0.115. The second-order valence-electron chi connectivity index (χ2n) is 6.04. The Hall–Kier alpha value is -3.54. The van der Waals surface area contributed by atoms with E-state index in [1.807, 2.05) is 12.1 Å². The number of terminal acetylenes is 2. The Morgan fingerprint density at radius 3 is 2.50 bits per heavy atom. The van der Waals surface area contributed by atoms with Gasteiger partial charge in [-0.2, -0.15) is 0 Å². The lowest BCUT2D eigenvalue weighted by Gasteiger charge is -2.12. The lowest BCUT2D eigenvalue weighted by atomic mass is 10.1. The van der Waals surface area contributed by atoms with Gasteiger partial charge in [-0.1, -0.05) is 41.6 Å². The van der Waals surface area contributed by atoms with Gasteiger partial charge in [0.15, 0.2) is 11.5 Å². The second kappa shape index (κ2) is 12.1. The zero-order valence-electron chi connectivity index (χ0n) is 16.6. The van der Waals surface area contributed by atoms with Crippen molar-refractivity contribution in [2.75, 3.05) is 26.9 Å². The highest BCUT2D eigenvalue weighted by Crippen LogP contribution is 2.28. The fourth-order valence-corrected chi connectivity index (χ4v) is 2.70. The number of ether oxygens (including phenoxy) is 3. The molecule has 2 aromatic carbocycles. The molecule has 0 aromatic heterocycles. The van der Waals surface area contributed by atoms with E-state index in [9.17, 15) is 4.79 Å². The van der Waals surface area contributed by atoms with Gasteiger partial charge in [-0.15, -0.1) is 12.8 Å². The molecule has 2 aromatic rings. The van der Waals surface area contributed by atoms with Gasteiger partial charge in [0.05, 0.1) is 18.9 Å². The Labute approximate surface area is 182 Å². The number of hydrogen-bond acceptors (Lipinski definition) is 4. The predicted molar refractivity (Wildman–Crippen MR) is 118 cm³/mol. The van der Waals surface area contributed by atoms with Gasteiger partial charge < -0.3 is 19.5 Å². The molecule has 154 valence electrons. The molecule has 5 nitrogen and oxygen atoms in total. The molecule has 30 heavy (non-hydrogen) atoms. The summed E-state index contributed by atoms with van der Waals surface area (Å²) in [6.45, 7) is 0.637. The third kappa shape index (κ3) is 6.81. The number of amides is 1. The van der Waals surface area contributed by atoms with Gasteiger partial charge in [0.25, 0.3) is 5.91 Å². The average molecular weight is 424 g/mol. The summed E-state index contributed by atoms with van der Waals surface area (Å²) in [5.74, 6) is 5.65. The number of nitrogens with one attached hydrogen (secondary N) is 1. The zero-order valence-corrected chi connectivity index (χ0v) is 17.4. The molecule has 0 unspecified atom stereocenters. The first-order valence-electron chi connectivity index (χ1n) is 9.11. The predicted octanol–water partition coefficient (Wildman–Crippen LogP) is 3.71. The molecule has 0 aliphatic rings. The second-order valence-corrected chi connectivity index (χ2v) is 6.47. The molecule has 0 atom stereocenters. The lowest BCUT2D eigenvalue weighted by Crippen LogP contribution is -2.26. The van der Waals surface area contributed by atoms with E-state index in [1.54, 1.807) is 37.4 Å². The number of halogens is 1. The van der Waals surface area contributed by atoms with E-state index in [0.717, 1.165) is 5.56 Å². The minimum absolute atomic E-state index is 0.0677. The summed E-state index contributed by atoms with van der Waals surface area (Å²) in [4.78, 5) is 12.7. The number of carbonyl (C=O) groups is 1. The van der Waals surface area contributed by atoms with Crippen LogP contribution in [0.2, 0.25) is 5.02 Å². The summed E-state index contributed by atoms with van der Waals surface area (Å²) < 4.78 is 16.0. The van der Waals surface area contributed by atoms with Crippen molar-refractivity contribution in [3.63, 3.8) is 0 Å². The molecule has 0 bridgehead atoms. The van der Waals surface area contributed by atoms with Crippen molar-refractivity contribution in [1.82, 2.24) is 5.32 Å². The molecule has 1 amide bonds. The number of methoxy groups -OCH3 is 1. The highest BCUT2D eigenvalue weighted by molar-refractivity contribution is 6.30. The summed E-state index contributed by atoms with van der Waals surface area (Å²) in [6.07, 6.45) is 12.4. The number of rotatable bonds is 10. The van der Waals surface area contributed by atoms with Gasteiger partial charge in [0.1, 0.15) is 13.2 Å². The Kier molecular flexibility index (Phi) is 9.18. The topological polar surface area (TPSA) is 56.8 Å². The fraction of sp³-hybridized carbons (Fsp3) is 0.208. The van der Waals surface area contributed by atoms with Crippen LogP contribution >= 0.6 is 11.6 Å². The fourth-order valence-electron chi connectivity index (χ4n) is 2.58. The maximum Gasteiger partial charge on any atom is 0.255 e. The van der Waals surface area contributed by atoms with Crippen LogP contribution in [-0.2, 0) is 16.0 Å². The smallest absolute Gasteiger partial charge is 0.255 e. The van der Waals surface area contributed by atoms with Crippen LogP contribution in [0.4, 0.5) is 0 Å². The van der Waals surface area contributed by atoms with E-state index in [4.69, 9.17) is 38.7 Å². The molecular weight excluding hydrogens is 402 g/mol. The zero-order chi connectivity index (χ0) is 21.8. The van der Waals surface area contributed by atoms with Gasteiger partial charge in [0.2, 0.25) is 0 Å². The van der Waals surface area contributed by atoms with Crippen molar-refractivity contribution in [3.8, 4) is 36.2 Å². The van der Waals surface area contributed by atoms with Crippen molar-refractivity contribution >= 4 is 23.1 Å². The van der Waals surface area contributed by atoms with Crippen molar-refractivity contribution in [3.05, 3.63) is 64.9 Å². The molecule has 0 heterocycles. The largest absolute Gasteiger partial charge is 0.493 e. The van der Waals surface area contributed by atoms with Gasteiger partial charge in [-0.25, -0.2) is 0 Å². The summed E-state index contributed by atoms with van der Waals surface area (Å²) >= 11 is 5.93. The highest BCUT2D eigenvalue weighted by Gasteiger charge is 2.13. The Morgan fingerprint density at radius 2 is 1.83 bits per heavy atom. The maximum absolute atomic E-state index is 12.7. The molecule has 0 fully saturated rings. The third-order valence-electron chi connectivity index (χ3n) is 4.01. The molecule has 1 N–H and O–H groups in total. The Morgan fingerprint density at radius 1 is 1.10 bits per heavy atom. The standard InChI is InChI=1S/C24H22ClNO4/c1-4-14-29-17-21(19-7-9-20(25)10-8-19)24(27)26-13-12-18-6-11-22(30-15-5-2)23(16-18)28-3/h1-2,6-11,16-17H,12-15H2,3H3,(H,26,27). The van der Waals surface area contributed by atoms with Crippen molar-refractivity contribution in [1.29, 1.82) is 0 Å². The van der Waals surface area contributed by atoms with Crippen LogP contribution in [0.1, 0.15) is 11.1 Å². The van der Waals surface area contributed by atoms with E-state index in [0.29, 0.717) is 40.6 Å². The van der Waals surface area contributed by atoms with Crippen LogP contribution in [-0.4, -0.2) is 32.8 Å². The molecule has 2 rings (SSSR count). The SMILES string of the molecule is C#CCOC=C(C(=O)NCCc1ccc(OCC#C)c(OC)c1)c1ccc(Cl)cc1. The van der Waals surface area contributed by atoms with E-state index in [2.05, 4.69) is 17.2 Å². The van der Waals surface area contributed by atoms with Crippen LogP contribution in [0.15, 0.2) is 48.7 Å². The van der Waals surface area contributed by atoms with E-state index < -0.39 is 0 Å². The minimum atomic E-state index is -0.282. The van der Waals surface area contributed by atoms with E-state index in [1.165, 1.54) is 6.26 Å². The first kappa shape index (κ1) is 22.7. The summed E-state index contributed by atoms with van der Waals surface area (Å²) in [5, 5.41) is 3.46. The minimum Gasteiger partial charge on any atom is -0.493 e. The van der Waals surface area contributed by atoms with E-state index in [-0.39, 0.29) is 19.1 Å². The molecule has 0 aliphatic heterocycles. The number of hydrogen-bond donors (Lipinski definition) is 1. The highest BCUT2D eigenvalue weighted by atomic mass is 35.5. The van der Waals surface area contributed by atoms with Crippen LogP contribution in [0.3, 0.4) is 0 Å². The molecule has 0 saturated heterocycles. The number of carbonyl (C=O) groups excluding carboxylic acids is 1. The van der Waals surface area contributed by atoms with Crippen LogP contribution in [0.5, 0.6) is 11.5 Å². The average Bonchev–Trinajstić information content (AvgIpc) is 2.76. The first-order chi connectivity index (χ1) is 14.6. The van der Waals surface area contributed by atoms with Crippen molar-refractivity contribution in [2.45, 2.75) is 6.42 Å².